The zero-order valence-electron chi connectivity index (χ0n) is 27.1. The third-order valence-electron chi connectivity index (χ3n) is 9.20. The van der Waals surface area contributed by atoms with Crippen LogP contribution >= 0.6 is 0 Å². The minimum Gasteiger partial charge on any atom is -0.256 e. The van der Waals surface area contributed by atoms with Crippen LogP contribution in [-0.4, -0.2) is 19.9 Å². The van der Waals surface area contributed by atoms with E-state index in [9.17, 15) is 0 Å². The van der Waals surface area contributed by atoms with E-state index in [4.69, 9.17) is 15.0 Å². The molecule has 0 N–H and O–H groups in total. The highest BCUT2D eigenvalue weighted by Crippen LogP contribution is 2.35. The quantitative estimate of drug-likeness (QED) is 0.170. The highest BCUT2D eigenvalue weighted by Gasteiger charge is 2.14. The van der Waals surface area contributed by atoms with Gasteiger partial charge in [-0.3, -0.25) is 4.98 Å². The van der Waals surface area contributed by atoms with E-state index in [0.29, 0.717) is 17.5 Å². The summed E-state index contributed by atoms with van der Waals surface area (Å²) in [5, 5.41) is 3.44. The van der Waals surface area contributed by atoms with Gasteiger partial charge in [0.15, 0.2) is 17.5 Å². The Morgan fingerprint density at radius 3 is 1.20 bits per heavy atom. The van der Waals surface area contributed by atoms with Crippen molar-refractivity contribution in [3.63, 3.8) is 0 Å². The van der Waals surface area contributed by atoms with Gasteiger partial charge in [0.2, 0.25) is 0 Å². The number of rotatable bonds is 6. The van der Waals surface area contributed by atoms with Crippen molar-refractivity contribution in [3.05, 3.63) is 182 Å². The van der Waals surface area contributed by atoms with Gasteiger partial charge in [-0.25, -0.2) is 15.0 Å². The smallest absolute Gasteiger partial charge is 0.164 e. The molecule has 0 atom stereocenters. The average Bonchev–Trinajstić information content (AvgIpc) is 3.21. The lowest BCUT2D eigenvalue weighted by Gasteiger charge is -2.12. The molecule has 2 heterocycles. The topological polar surface area (TPSA) is 51.6 Å². The highest BCUT2D eigenvalue weighted by atomic mass is 15.0. The van der Waals surface area contributed by atoms with Crippen molar-refractivity contribution in [2.24, 2.45) is 0 Å². The van der Waals surface area contributed by atoms with Crippen molar-refractivity contribution >= 4 is 21.7 Å². The normalized spacial score (nSPS) is 11.2. The fourth-order valence-electron chi connectivity index (χ4n) is 6.60. The standard InChI is InChI=1S/C46H30N4/c1-3-10-31(11-4-1)33-17-23-36(24-18-33)44-48-45(37-25-19-34(20-26-37)32-12-5-2-6-13-32)50-46(49-44)38-27-21-35(22-28-38)42-30-39-14-9-29-47-43(39)41-16-8-7-15-40(41)42/h1-30H. The predicted molar refractivity (Wildman–Crippen MR) is 205 cm³/mol. The van der Waals surface area contributed by atoms with E-state index >= 15 is 0 Å². The Kier molecular flexibility index (Phi) is 7.45. The predicted octanol–water partition coefficient (Wildman–Crippen LogP) is 11.6. The van der Waals surface area contributed by atoms with Gasteiger partial charge in [0, 0.05) is 33.7 Å². The van der Waals surface area contributed by atoms with E-state index in [1.165, 1.54) is 22.1 Å². The van der Waals surface area contributed by atoms with Gasteiger partial charge in [0.1, 0.15) is 0 Å². The van der Waals surface area contributed by atoms with Crippen LogP contribution in [0.3, 0.4) is 0 Å². The minimum absolute atomic E-state index is 0.628. The van der Waals surface area contributed by atoms with E-state index in [-0.39, 0.29) is 0 Å². The van der Waals surface area contributed by atoms with E-state index in [0.717, 1.165) is 49.7 Å². The number of hydrogen-bond donors (Lipinski definition) is 0. The third-order valence-corrected chi connectivity index (χ3v) is 9.20. The van der Waals surface area contributed by atoms with E-state index in [1.807, 2.05) is 24.4 Å². The maximum Gasteiger partial charge on any atom is 0.164 e. The molecule has 0 radical (unpaired) electrons. The summed E-state index contributed by atoms with van der Waals surface area (Å²) < 4.78 is 0. The van der Waals surface area contributed by atoms with Crippen LogP contribution in [0.25, 0.3) is 89.2 Å². The number of fused-ring (bicyclic) bond motifs is 3. The van der Waals surface area contributed by atoms with Crippen molar-refractivity contribution < 1.29 is 0 Å². The molecule has 2 aromatic heterocycles. The Hall–Kier alpha value is -6.78. The molecular formula is C46H30N4. The maximum atomic E-state index is 5.03. The molecule has 0 fully saturated rings. The van der Waals surface area contributed by atoms with E-state index in [1.54, 1.807) is 0 Å². The number of nitrogens with zero attached hydrogens (tertiary/aromatic N) is 4. The molecule has 0 spiro atoms. The van der Waals surface area contributed by atoms with Gasteiger partial charge in [-0.15, -0.1) is 0 Å². The molecule has 9 aromatic rings. The van der Waals surface area contributed by atoms with Crippen LogP contribution in [-0.2, 0) is 0 Å². The zero-order chi connectivity index (χ0) is 33.3. The summed E-state index contributed by atoms with van der Waals surface area (Å²) in [6, 6.07) is 61.0. The molecule has 4 heteroatoms. The summed E-state index contributed by atoms with van der Waals surface area (Å²) >= 11 is 0. The molecular weight excluding hydrogens is 609 g/mol. The zero-order valence-corrected chi connectivity index (χ0v) is 27.1. The van der Waals surface area contributed by atoms with Crippen LogP contribution in [0.4, 0.5) is 0 Å². The highest BCUT2D eigenvalue weighted by molar-refractivity contribution is 6.12. The van der Waals surface area contributed by atoms with Gasteiger partial charge in [-0.1, -0.05) is 164 Å². The first-order valence-electron chi connectivity index (χ1n) is 16.7. The van der Waals surface area contributed by atoms with Gasteiger partial charge in [-0.2, -0.15) is 0 Å². The first kappa shape index (κ1) is 29.4. The molecule has 234 valence electrons. The Labute approximate surface area is 290 Å². The SMILES string of the molecule is c1ccc(-c2ccc(-c3nc(-c4ccc(-c5ccccc5)cc4)nc(-c4ccc(-c5cc6cccnc6c6ccccc56)cc4)n3)cc2)cc1. The third kappa shape index (κ3) is 5.59. The lowest BCUT2D eigenvalue weighted by Crippen LogP contribution is -2.00. The number of pyridine rings is 1. The van der Waals surface area contributed by atoms with Crippen molar-refractivity contribution in [2.75, 3.05) is 0 Å². The van der Waals surface area contributed by atoms with Crippen LogP contribution in [0.2, 0.25) is 0 Å². The Morgan fingerprint density at radius 1 is 0.300 bits per heavy atom. The van der Waals surface area contributed by atoms with Crippen LogP contribution in [0, 0.1) is 0 Å². The second-order valence-corrected chi connectivity index (χ2v) is 12.3. The number of benzene rings is 7. The fraction of sp³-hybridized carbons (Fsp3) is 0. The molecule has 0 aliphatic heterocycles. The summed E-state index contributed by atoms with van der Waals surface area (Å²) in [5.74, 6) is 1.89. The van der Waals surface area contributed by atoms with Crippen LogP contribution < -0.4 is 0 Å². The summed E-state index contributed by atoms with van der Waals surface area (Å²) in [4.78, 5) is 19.7. The molecule has 4 nitrogen and oxygen atoms in total. The molecule has 9 rings (SSSR count). The largest absolute Gasteiger partial charge is 0.256 e. The van der Waals surface area contributed by atoms with Crippen molar-refractivity contribution in [1.29, 1.82) is 0 Å². The fourth-order valence-corrected chi connectivity index (χ4v) is 6.60. The summed E-state index contributed by atoms with van der Waals surface area (Å²) in [7, 11) is 0. The van der Waals surface area contributed by atoms with Crippen LogP contribution in [0.5, 0.6) is 0 Å². The van der Waals surface area contributed by atoms with Gasteiger partial charge in [0.25, 0.3) is 0 Å². The van der Waals surface area contributed by atoms with Gasteiger partial charge < -0.3 is 0 Å². The summed E-state index contributed by atoms with van der Waals surface area (Å²) in [6.07, 6.45) is 1.86. The molecule has 0 saturated heterocycles. The molecule has 50 heavy (non-hydrogen) atoms. The van der Waals surface area contributed by atoms with Gasteiger partial charge in [0.05, 0.1) is 5.52 Å². The van der Waals surface area contributed by atoms with Gasteiger partial charge in [-0.05, 0) is 50.9 Å². The molecule has 0 unspecified atom stereocenters. The molecule has 0 bridgehead atoms. The van der Waals surface area contributed by atoms with Crippen LogP contribution in [0.1, 0.15) is 0 Å². The number of hydrogen-bond acceptors (Lipinski definition) is 4. The average molecular weight is 639 g/mol. The lowest BCUT2D eigenvalue weighted by atomic mass is 9.95. The Morgan fingerprint density at radius 2 is 0.700 bits per heavy atom. The Balaban J connectivity index is 1.13. The van der Waals surface area contributed by atoms with Gasteiger partial charge >= 0.3 is 0 Å². The van der Waals surface area contributed by atoms with Crippen LogP contribution in [0.15, 0.2) is 182 Å². The lowest BCUT2D eigenvalue weighted by molar-refractivity contribution is 1.07. The van der Waals surface area contributed by atoms with Crippen molar-refractivity contribution in [3.8, 4) is 67.5 Å². The molecule has 0 aliphatic carbocycles. The second kappa shape index (κ2) is 12.7. The molecule has 0 saturated carbocycles. The summed E-state index contributed by atoms with van der Waals surface area (Å²) in [5.41, 5.74) is 10.7. The monoisotopic (exact) mass is 638 g/mol. The molecule has 7 aromatic carbocycles. The minimum atomic E-state index is 0.628. The second-order valence-electron chi connectivity index (χ2n) is 12.3. The first-order chi connectivity index (χ1) is 24.8. The maximum absolute atomic E-state index is 5.03. The number of aromatic nitrogens is 4. The van der Waals surface area contributed by atoms with Crippen molar-refractivity contribution in [1.82, 2.24) is 19.9 Å². The molecule has 0 amide bonds. The first-order valence-corrected chi connectivity index (χ1v) is 16.7. The Bertz CT molecular complexity index is 2500. The van der Waals surface area contributed by atoms with E-state index < -0.39 is 0 Å². The van der Waals surface area contributed by atoms with E-state index in [2.05, 4.69) is 163 Å². The van der Waals surface area contributed by atoms with Crippen molar-refractivity contribution in [2.45, 2.75) is 0 Å². The molecule has 0 aliphatic rings. The summed E-state index contributed by atoms with van der Waals surface area (Å²) in [6.45, 7) is 0.